The second-order valence-corrected chi connectivity index (χ2v) is 5.94. The highest BCUT2D eigenvalue weighted by molar-refractivity contribution is 7.99. The van der Waals surface area contributed by atoms with Gasteiger partial charge in [0.1, 0.15) is 6.29 Å². The van der Waals surface area contributed by atoms with Crippen LogP contribution in [-0.4, -0.2) is 12.0 Å². The van der Waals surface area contributed by atoms with E-state index in [1.807, 2.05) is 24.8 Å². The van der Waals surface area contributed by atoms with Crippen molar-refractivity contribution in [2.75, 3.05) is 5.75 Å². The Morgan fingerprint density at radius 2 is 2.13 bits per heavy atom. The third kappa shape index (κ3) is 1.83. The van der Waals surface area contributed by atoms with E-state index in [9.17, 15) is 4.79 Å². The van der Waals surface area contributed by atoms with Crippen LogP contribution in [0.25, 0.3) is 0 Å². The number of hydrogen-bond acceptors (Lipinski definition) is 2. The SMILES string of the molecule is Cc1cc2c(cc1C=O)SCCC2(C)C. The molecule has 0 N–H and O–H groups in total. The minimum Gasteiger partial charge on any atom is -0.298 e. The lowest BCUT2D eigenvalue weighted by Gasteiger charge is -2.32. The molecule has 0 unspecified atom stereocenters. The van der Waals surface area contributed by atoms with Gasteiger partial charge in [-0.3, -0.25) is 4.79 Å². The summed E-state index contributed by atoms with van der Waals surface area (Å²) in [5, 5.41) is 0. The van der Waals surface area contributed by atoms with E-state index in [1.165, 1.54) is 16.9 Å². The normalized spacial score (nSPS) is 18.3. The van der Waals surface area contributed by atoms with Crippen LogP contribution in [0.4, 0.5) is 0 Å². The zero-order chi connectivity index (χ0) is 11.1. The summed E-state index contributed by atoms with van der Waals surface area (Å²) in [6, 6.07) is 4.23. The summed E-state index contributed by atoms with van der Waals surface area (Å²) in [4.78, 5) is 12.2. The minimum atomic E-state index is 0.257. The molecule has 0 amide bonds. The smallest absolute Gasteiger partial charge is 0.150 e. The van der Waals surface area contributed by atoms with Crippen LogP contribution in [0.15, 0.2) is 17.0 Å². The number of thioether (sulfide) groups is 1. The number of carbonyl (C=O) groups is 1. The maximum absolute atomic E-state index is 10.9. The summed E-state index contributed by atoms with van der Waals surface area (Å²) in [7, 11) is 0. The Kier molecular flexibility index (Phi) is 2.63. The van der Waals surface area contributed by atoms with Crippen LogP contribution in [0.1, 0.15) is 41.8 Å². The van der Waals surface area contributed by atoms with Gasteiger partial charge in [-0.2, -0.15) is 0 Å². The maximum atomic E-state index is 10.9. The number of carbonyl (C=O) groups excluding carboxylic acids is 1. The zero-order valence-electron chi connectivity index (χ0n) is 9.46. The minimum absolute atomic E-state index is 0.257. The van der Waals surface area contributed by atoms with Gasteiger partial charge < -0.3 is 0 Å². The molecule has 2 heteroatoms. The van der Waals surface area contributed by atoms with Gasteiger partial charge in [0.15, 0.2) is 0 Å². The fourth-order valence-corrected chi connectivity index (χ4v) is 3.56. The third-order valence-electron chi connectivity index (χ3n) is 3.21. The van der Waals surface area contributed by atoms with Crippen LogP contribution in [-0.2, 0) is 5.41 Å². The van der Waals surface area contributed by atoms with Crippen LogP contribution in [0.5, 0.6) is 0 Å². The van der Waals surface area contributed by atoms with Gasteiger partial charge in [0.2, 0.25) is 0 Å². The Labute approximate surface area is 95.3 Å². The van der Waals surface area contributed by atoms with Crippen LogP contribution in [0, 0.1) is 6.92 Å². The predicted octanol–water partition coefficient (Wildman–Crippen LogP) is 3.58. The Hall–Kier alpha value is -0.760. The van der Waals surface area contributed by atoms with Crippen molar-refractivity contribution in [3.05, 3.63) is 28.8 Å². The molecule has 0 saturated heterocycles. The first-order valence-corrected chi connectivity index (χ1v) is 6.26. The lowest BCUT2D eigenvalue weighted by atomic mass is 9.80. The summed E-state index contributed by atoms with van der Waals surface area (Å²) >= 11 is 1.87. The second kappa shape index (κ2) is 3.67. The highest BCUT2D eigenvalue weighted by Crippen LogP contribution is 2.42. The molecule has 0 fully saturated rings. The van der Waals surface area contributed by atoms with E-state index in [1.54, 1.807) is 0 Å². The number of aryl methyl sites for hydroxylation is 1. The van der Waals surface area contributed by atoms with Crippen molar-refractivity contribution >= 4 is 18.0 Å². The fourth-order valence-electron chi connectivity index (χ4n) is 2.03. The molecule has 1 aliphatic rings. The summed E-state index contributed by atoms with van der Waals surface area (Å²) in [5.74, 6) is 1.15. The van der Waals surface area contributed by atoms with Gasteiger partial charge in [0, 0.05) is 10.5 Å². The molecule has 1 heterocycles. The van der Waals surface area contributed by atoms with E-state index in [2.05, 4.69) is 19.9 Å². The van der Waals surface area contributed by atoms with Gasteiger partial charge in [-0.05, 0) is 41.7 Å². The molecular formula is C13H16OS. The van der Waals surface area contributed by atoms with Crippen molar-refractivity contribution in [2.45, 2.75) is 37.5 Å². The largest absolute Gasteiger partial charge is 0.298 e. The lowest BCUT2D eigenvalue weighted by Crippen LogP contribution is -2.23. The number of aldehydes is 1. The molecule has 0 aromatic heterocycles. The first-order chi connectivity index (χ1) is 7.04. The van der Waals surface area contributed by atoms with Gasteiger partial charge in [0.05, 0.1) is 0 Å². The molecule has 15 heavy (non-hydrogen) atoms. The molecule has 1 aromatic rings. The Morgan fingerprint density at radius 3 is 2.80 bits per heavy atom. The fraction of sp³-hybridized carbons (Fsp3) is 0.462. The Bertz CT molecular complexity index is 407. The molecule has 0 saturated carbocycles. The van der Waals surface area contributed by atoms with Crippen molar-refractivity contribution in [3.8, 4) is 0 Å². The molecule has 2 rings (SSSR count). The molecule has 0 bridgehead atoms. The Morgan fingerprint density at radius 1 is 1.40 bits per heavy atom. The molecule has 1 aromatic carbocycles. The topological polar surface area (TPSA) is 17.1 Å². The standard InChI is InChI=1S/C13H16OS/c1-9-6-11-12(7-10(9)8-14)15-5-4-13(11,2)3/h6-8H,4-5H2,1-3H3. The molecule has 0 spiro atoms. The number of fused-ring (bicyclic) bond motifs is 1. The number of hydrogen-bond donors (Lipinski definition) is 0. The summed E-state index contributed by atoms with van der Waals surface area (Å²) in [6.07, 6.45) is 2.17. The van der Waals surface area contributed by atoms with Crippen molar-refractivity contribution in [1.29, 1.82) is 0 Å². The first kappa shape index (κ1) is 10.7. The summed E-state index contributed by atoms with van der Waals surface area (Å²) < 4.78 is 0. The van der Waals surface area contributed by atoms with Crippen molar-refractivity contribution < 1.29 is 4.79 Å². The second-order valence-electron chi connectivity index (χ2n) is 4.81. The maximum Gasteiger partial charge on any atom is 0.150 e. The van der Waals surface area contributed by atoms with Gasteiger partial charge in [0.25, 0.3) is 0 Å². The number of benzene rings is 1. The van der Waals surface area contributed by atoms with Gasteiger partial charge in [-0.1, -0.05) is 19.9 Å². The van der Waals surface area contributed by atoms with Gasteiger partial charge in [-0.25, -0.2) is 0 Å². The molecule has 1 nitrogen and oxygen atoms in total. The average Bonchev–Trinajstić information content (AvgIpc) is 2.18. The van der Waals surface area contributed by atoms with Crippen molar-refractivity contribution in [3.63, 3.8) is 0 Å². The first-order valence-electron chi connectivity index (χ1n) is 5.28. The van der Waals surface area contributed by atoms with Gasteiger partial charge >= 0.3 is 0 Å². The molecular weight excluding hydrogens is 204 g/mol. The van der Waals surface area contributed by atoms with Crippen molar-refractivity contribution in [2.24, 2.45) is 0 Å². The zero-order valence-corrected chi connectivity index (χ0v) is 10.3. The molecule has 0 radical (unpaired) electrons. The van der Waals surface area contributed by atoms with Crippen LogP contribution >= 0.6 is 11.8 Å². The monoisotopic (exact) mass is 220 g/mol. The van der Waals surface area contributed by atoms with E-state index >= 15 is 0 Å². The molecule has 0 aliphatic carbocycles. The molecule has 0 atom stereocenters. The Balaban J connectivity index is 2.60. The van der Waals surface area contributed by atoms with E-state index in [-0.39, 0.29) is 5.41 Å². The van der Waals surface area contributed by atoms with E-state index < -0.39 is 0 Å². The summed E-state index contributed by atoms with van der Waals surface area (Å²) in [6.45, 7) is 6.58. The average molecular weight is 220 g/mol. The van der Waals surface area contributed by atoms with Crippen molar-refractivity contribution in [1.82, 2.24) is 0 Å². The van der Waals surface area contributed by atoms with Crippen LogP contribution in [0.3, 0.4) is 0 Å². The van der Waals surface area contributed by atoms with Crippen LogP contribution < -0.4 is 0 Å². The third-order valence-corrected chi connectivity index (χ3v) is 4.27. The summed E-state index contributed by atoms with van der Waals surface area (Å²) in [5.41, 5.74) is 3.59. The highest BCUT2D eigenvalue weighted by atomic mass is 32.2. The lowest BCUT2D eigenvalue weighted by molar-refractivity contribution is 0.112. The van der Waals surface area contributed by atoms with E-state index in [4.69, 9.17) is 0 Å². The quantitative estimate of drug-likeness (QED) is 0.673. The van der Waals surface area contributed by atoms with E-state index in [0.717, 1.165) is 23.2 Å². The molecule has 1 aliphatic heterocycles. The predicted molar refractivity (Wildman–Crippen MR) is 64.9 cm³/mol. The molecule has 80 valence electrons. The van der Waals surface area contributed by atoms with E-state index in [0.29, 0.717) is 0 Å². The number of rotatable bonds is 1. The van der Waals surface area contributed by atoms with Gasteiger partial charge in [-0.15, -0.1) is 11.8 Å². The highest BCUT2D eigenvalue weighted by Gasteiger charge is 2.28. The van der Waals surface area contributed by atoms with Crippen LogP contribution in [0.2, 0.25) is 0 Å².